The van der Waals surface area contributed by atoms with Crippen molar-refractivity contribution in [2.45, 2.75) is 45.1 Å². The molecule has 1 atom stereocenters. The Morgan fingerprint density at radius 3 is 2.64 bits per heavy atom. The van der Waals surface area contributed by atoms with Crippen LogP contribution in [0.1, 0.15) is 39.0 Å². The van der Waals surface area contributed by atoms with Crippen LogP contribution in [0.2, 0.25) is 0 Å². The van der Waals surface area contributed by atoms with Crippen molar-refractivity contribution in [2.24, 2.45) is 0 Å². The molecule has 0 radical (unpaired) electrons. The Bertz CT molecular complexity index is 95.6. The fourth-order valence-electron chi connectivity index (χ4n) is 1.78. The second-order valence-electron chi connectivity index (χ2n) is 3.42. The fraction of sp³-hybridized carbons (Fsp3) is 1.00. The number of unbranched alkanes of at least 4 members (excludes halogenated alkanes) is 1. The molecule has 0 aromatic heterocycles. The molecule has 1 unspecified atom stereocenters. The highest BCUT2D eigenvalue weighted by Gasteiger charge is 2.19. The Labute approximate surface area is 69.1 Å². The van der Waals surface area contributed by atoms with Crippen LogP contribution in [-0.4, -0.2) is 24.5 Å². The molecule has 0 N–H and O–H groups in total. The predicted molar refractivity (Wildman–Crippen MR) is 47.7 cm³/mol. The van der Waals surface area contributed by atoms with Crippen LogP contribution in [0.4, 0.5) is 4.70 Å². The first-order chi connectivity index (χ1) is 4.84. The molecule has 1 saturated heterocycles. The maximum atomic E-state index is 2.51. The largest absolute Gasteiger partial charge is 0.303 e. The molecule has 0 aromatic carbocycles. The van der Waals surface area contributed by atoms with Crippen LogP contribution in [0.15, 0.2) is 0 Å². The number of hydrogen-bond donors (Lipinski definition) is 0. The van der Waals surface area contributed by atoms with Gasteiger partial charge in [0, 0.05) is 6.04 Å². The van der Waals surface area contributed by atoms with Crippen LogP contribution in [0.25, 0.3) is 0 Å². The van der Waals surface area contributed by atoms with Crippen LogP contribution < -0.4 is 0 Å². The molecule has 0 amide bonds. The van der Waals surface area contributed by atoms with Crippen molar-refractivity contribution in [3.05, 3.63) is 0 Å². The molecule has 68 valence electrons. The zero-order chi connectivity index (χ0) is 7.40. The molecule has 0 bridgehead atoms. The van der Waals surface area contributed by atoms with Crippen molar-refractivity contribution >= 4 is 0 Å². The van der Waals surface area contributed by atoms with Crippen LogP contribution in [-0.2, 0) is 0 Å². The van der Waals surface area contributed by atoms with Gasteiger partial charge in [0.2, 0.25) is 0 Å². The summed E-state index contributed by atoms with van der Waals surface area (Å²) in [5, 5.41) is 0. The maximum absolute atomic E-state index is 2.51. The smallest absolute Gasteiger partial charge is 0.00926 e. The van der Waals surface area contributed by atoms with E-state index in [1.807, 2.05) is 0 Å². The average molecular weight is 161 g/mol. The van der Waals surface area contributed by atoms with E-state index in [1.165, 1.54) is 38.6 Å². The molecular formula is C9H20FN. The van der Waals surface area contributed by atoms with Crippen molar-refractivity contribution in [2.75, 3.05) is 13.6 Å². The highest BCUT2D eigenvalue weighted by atomic mass is 19.0. The van der Waals surface area contributed by atoms with Crippen LogP contribution >= 0.6 is 0 Å². The summed E-state index contributed by atoms with van der Waals surface area (Å²) in [4.78, 5) is 2.51. The highest BCUT2D eigenvalue weighted by Crippen LogP contribution is 2.19. The van der Waals surface area contributed by atoms with Gasteiger partial charge in [-0.2, -0.15) is 0 Å². The quantitative estimate of drug-likeness (QED) is 0.614. The van der Waals surface area contributed by atoms with E-state index in [0.717, 1.165) is 6.04 Å². The highest BCUT2D eigenvalue weighted by molar-refractivity contribution is 4.75. The molecule has 0 saturated carbocycles. The average Bonchev–Trinajstić information content (AvgIpc) is 2.31. The molecule has 0 spiro atoms. The minimum absolute atomic E-state index is 0. The second-order valence-corrected chi connectivity index (χ2v) is 3.42. The summed E-state index contributed by atoms with van der Waals surface area (Å²) in [7, 11) is 2.26. The van der Waals surface area contributed by atoms with Gasteiger partial charge in [-0.05, 0) is 32.9 Å². The summed E-state index contributed by atoms with van der Waals surface area (Å²) in [5.74, 6) is 0. The summed E-state index contributed by atoms with van der Waals surface area (Å²) in [5.41, 5.74) is 0. The van der Waals surface area contributed by atoms with Gasteiger partial charge >= 0.3 is 0 Å². The zero-order valence-electron chi connectivity index (χ0n) is 7.68. The molecule has 2 heteroatoms. The van der Waals surface area contributed by atoms with E-state index in [1.54, 1.807) is 0 Å². The predicted octanol–water partition coefficient (Wildman–Crippen LogP) is 2.42. The Kier molecular flexibility index (Phi) is 5.47. The Morgan fingerprint density at radius 2 is 2.18 bits per heavy atom. The van der Waals surface area contributed by atoms with E-state index < -0.39 is 0 Å². The third-order valence-corrected chi connectivity index (χ3v) is 2.56. The maximum Gasteiger partial charge on any atom is 0.00926 e. The Morgan fingerprint density at radius 1 is 1.45 bits per heavy atom. The number of halogens is 1. The molecular weight excluding hydrogens is 141 g/mol. The van der Waals surface area contributed by atoms with E-state index in [2.05, 4.69) is 18.9 Å². The van der Waals surface area contributed by atoms with Gasteiger partial charge in [0.05, 0.1) is 0 Å². The topological polar surface area (TPSA) is 3.24 Å². The van der Waals surface area contributed by atoms with Crippen molar-refractivity contribution in [1.82, 2.24) is 4.90 Å². The van der Waals surface area contributed by atoms with E-state index in [9.17, 15) is 0 Å². The summed E-state index contributed by atoms with van der Waals surface area (Å²) in [6.45, 7) is 3.60. The number of likely N-dealkylation sites (tertiary alicyclic amines) is 1. The van der Waals surface area contributed by atoms with E-state index in [0.29, 0.717) is 0 Å². The molecule has 0 aliphatic carbocycles. The van der Waals surface area contributed by atoms with Gasteiger partial charge in [-0.1, -0.05) is 19.8 Å². The SMILES string of the molecule is CCCCC1CCCN1C.F. The molecule has 1 aliphatic heterocycles. The van der Waals surface area contributed by atoms with Crippen molar-refractivity contribution in [1.29, 1.82) is 0 Å². The van der Waals surface area contributed by atoms with Crippen LogP contribution in [0.5, 0.6) is 0 Å². The zero-order valence-corrected chi connectivity index (χ0v) is 7.68. The van der Waals surface area contributed by atoms with Gasteiger partial charge in [0.15, 0.2) is 0 Å². The summed E-state index contributed by atoms with van der Waals surface area (Å²) in [6, 6.07) is 0.917. The molecule has 11 heavy (non-hydrogen) atoms. The lowest BCUT2D eigenvalue weighted by Gasteiger charge is -2.18. The molecule has 1 aliphatic rings. The van der Waals surface area contributed by atoms with Gasteiger partial charge in [-0.15, -0.1) is 0 Å². The standard InChI is InChI=1S/C9H19N.FH/c1-3-4-6-9-7-5-8-10(9)2;/h9H,3-8H2,1-2H3;1H. The Balaban J connectivity index is 0.000001000. The lowest BCUT2D eigenvalue weighted by molar-refractivity contribution is 0.291. The summed E-state index contributed by atoms with van der Waals surface area (Å²) < 4.78 is 0. The second kappa shape index (κ2) is 5.53. The van der Waals surface area contributed by atoms with Crippen LogP contribution in [0, 0.1) is 0 Å². The minimum Gasteiger partial charge on any atom is -0.303 e. The Hall–Kier alpha value is -0.110. The minimum atomic E-state index is 0. The number of hydrogen-bond acceptors (Lipinski definition) is 1. The van der Waals surface area contributed by atoms with Crippen molar-refractivity contribution in [3.8, 4) is 0 Å². The molecule has 1 nitrogen and oxygen atoms in total. The van der Waals surface area contributed by atoms with Gasteiger partial charge in [0.1, 0.15) is 0 Å². The monoisotopic (exact) mass is 161 g/mol. The van der Waals surface area contributed by atoms with Crippen molar-refractivity contribution < 1.29 is 4.70 Å². The third kappa shape index (κ3) is 3.19. The van der Waals surface area contributed by atoms with Crippen molar-refractivity contribution in [3.63, 3.8) is 0 Å². The number of rotatable bonds is 3. The molecule has 0 aromatic rings. The first-order valence-corrected chi connectivity index (χ1v) is 4.55. The normalized spacial score (nSPS) is 25.1. The van der Waals surface area contributed by atoms with E-state index in [-0.39, 0.29) is 4.70 Å². The van der Waals surface area contributed by atoms with Gasteiger partial charge in [-0.3, -0.25) is 4.70 Å². The third-order valence-electron chi connectivity index (χ3n) is 2.56. The molecule has 1 heterocycles. The van der Waals surface area contributed by atoms with Gasteiger partial charge < -0.3 is 4.90 Å². The fourth-order valence-corrected chi connectivity index (χ4v) is 1.78. The lowest BCUT2D eigenvalue weighted by atomic mass is 10.1. The number of nitrogens with zero attached hydrogens (tertiary/aromatic N) is 1. The van der Waals surface area contributed by atoms with E-state index >= 15 is 0 Å². The molecule has 1 rings (SSSR count). The first kappa shape index (κ1) is 10.9. The lowest BCUT2D eigenvalue weighted by Crippen LogP contribution is -2.24. The van der Waals surface area contributed by atoms with Gasteiger partial charge in [0.25, 0.3) is 0 Å². The van der Waals surface area contributed by atoms with E-state index in [4.69, 9.17) is 0 Å². The summed E-state index contributed by atoms with van der Waals surface area (Å²) in [6.07, 6.45) is 7.05. The first-order valence-electron chi connectivity index (χ1n) is 4.55. The summed E-state index contributed by atoms with van der Waals surface area (Å²) >= 11 is 0. The van der Waals surface area contributed by atoms with Crippen LogP contribution in [0.3, 0.4) is 0 Å². The van der Waals surface area contributed by atoms with Gasteiger partial charge in [-0.25, -0.2) is 0 Å². The molecule has 1 fully saturated rings.